The van der Waals surface area contributed by atoms with Crippen LogP contribution in [0.1, 0.15) is 27.7 Å². The van der Waals surface area contributed by atoms with E-state index < -0.39 is 0 Å². The minimum absolute atomic E-state index is 0.0843. The molecule has 0 aliphatic carbocycles. The van der Waals surface area contributed by atoms with E-state index in [1.807, 2.05) is 27.7 Å². The van der Waals surface area contributed by atoms with Crippen LogP contribution in [-0.2, 0) is 4.74 Å². The molecule has 0 heterocycles. The Labute approximate surface area is 87.0 Å². The molecule has 0 fully saturated rings. The molecule has 0 aromatic carbocycles. The summed E-state index contributed by atoms with van der Waals surface area (Å²) in [4.78, 5) is 4.22. The van der Waals surface area contributed by atoms with Crippen LogP contribution in [0, 0.1) is 5.92 Å². The van der Waals surface area contributed by atoms with Gasteiger partial charge >= 0.3 is 0 Å². The minimum atomic E-state index is -0.361. The van der Waals surface area contributed by atoms with Gasteiger partial charge in [0, 0.05) is 25.1 Å². The topological polar surface area (TPSA) is 47.6 Å². The molecule has 82 valence electrons. The van der Waals surface area contributed by atoms with Crippen molar-refractivity contribution in [1.29, 1.82) is 0 Å². The standard InChI is InChI=1S/C11H22N2O/c1-8(2)10(12)9(3)13-7-11(4,5)14-6/h7-8,10H,3,12H2,1-2,4-6H3/b13-7-/t10-/m0/s1. The molecule has 14 heavy (non-hydrogen) atoms. The highest BCUT2D eigenvalue weighted by atomic mass is 16.5. The first-order chi connectivity index (χ1) is 6.30. The molecule has 0 radical (unpaired) electrons. The van der Waals surface area contributed by atoms with Crippen molar-refractivity contribution >= 4 is 6.21 Å². The fourth-order valence-electron chi connectivity index (χ4n) is 0.762. The van der Waals surface area contributed by atoms with Crippen molar-refractivity contribution in [2.45, 2.75) is 39.3 Å². The summed E-state index contributed by atoms with van der Waals surface area (Å²) in [7, 11) is 1.65. The molecule has 0 aliphatic heterocycles. The molecule has 0 saturated heterocycles. The number of hydrogen-bond acceptors (Lipinski definition) is 3. The largest absolute Gasteiger partial charge is 0.373 e. The highest BCUT2D eigenvalue weighted by molar-refractivity contribution is 5.68. The molecular weight excluding hydrogens is 176 g/mol. The monoisotopic (exact) mass is 198 g/mol. The van der Waals surface area contributed by atoms with E-state index in [-0.39, 0.29) is 11.6 Å². The van der Waals surface area contributed by atoms with Gasteiger partial charge in [0.1, 0.15) is 0 Å². The molecule has 0 amide bonds. The number of nitrogens with two attached hydrogens (primary N) is 1. The zero-order valence-electron chi connectivity index (χ0n) is 9.87. The van der Waals surface area contributed by atoms with Gasteiger partial charge in [-0.1, -0.05) is 20.4 Å². The number of methoxy groups -OCH3 is 1. The third-order valence-corrected chi connectivity index (χ3v) is 2.17. The van der Waals surface area contributed by atoms with Crippen molar-refractivity contribution in [3.05, 3.63) is 12.3 Å². The van der Waals surface area contributed by atoms with Crippen molar-refractivity contribution in [3.63, 3.8) is 0 Å². The van der Waals surface area contributed by atoms with Gasteiger partial charge in [-0.15, -0.1) is 0 Å². The summed E-state index contributed by atoms with van der Waals surface area (Å²) in [5.41, 5.74) is 6.21. The highest BCUT2D eigenvalue weighted by Gasteiger charge is 2.14. The SMILES string of the molecule is C=C(/N=C\C(C)(C)OC)[C@@H](N)C(C)C. The van der Waals surface area contributed by atoms with Crippen LogP contribution in [0.25, 0.3) is 0 Å². The number of hydrogen-bond donors (Lipinski definition) is 1. The second-order valence-electron chi connectivity index (χ2n) is 4.33. The lowest BCUT2D eigenvalue weighted by Gasteiger charge is -2.19. The fraction of sp³-hybridized carbons (Fsp3) is 0.727. The predicted octanol–water partition coefficient (Wildman–Crippen LogP) is 1.98. The Morgan fingerprint density at radius 2 is 2.00 bits per heavy atom. The average Bonchev–Trinajstić information content (AvgIpc) is 2.13. The molecule has 0 bridgehead atoms. The first-order valence-corrected chi connectivity index (χ1v) is 4.85. The number of nitrogens with zero attached hydrogens (tertiary/aromatic N) is 1. The van der Waals surface area contributed by atoms with Gasteiger partial charge in [0.25, 0.3) is 0 Å². The maximum atomic E-state index is 5.88. The molecule has 3 nitrogen and oxygen atoms in total. The molecule has 0 aromatic rings. The Kier molecular flexibility index (Phi) is 5.02. The Morgan fingerprint density at radius 1 is 1.50 bits per heavy atom. The smallest absolute Gasteiger partial charge is 0.0972 e. The summed E-state index contributed by atoms with van der Waals surface area (Å²) in [6.45, 7) is 11.8. The van der Waals surface area contributed by atoms with Crippen molar-refractivity contribution in [2.24, 2.45) is 16.6 Å². The molecule has 0 rings (SSSR count). The summed E-state index contributed by atoms with van der Waals surface area (Å²) < 4.78 is 5.20. The van der Waals surface area contributed by atoms with Gasteiger partial charge in [0.2, 0.25) is 0 Å². The second kappa shape index (κ2) is 5.27. The van der Waals surface area contributed by atoms with Crippen LogP contribution in [0.4, 0.5) is 0 Å². The van der Waals surface area contributed by atoms with Gasteiger partial charge in [-0.3, -0.25) is 4.99 Å². The third-order valence-electron chi connectivity index (χ3n) is 2.17. The molecule has 1 atom stereocenters. The Morgan fingerprint density at radius 3 is 2.36 bits per heavy atom. The maximum Gasteiger partial charge on any atom is 0.0972 e. The van der Waals surface area contributed by atoms with Crippen molar-refractivity contribution < 1.29 is 4.74 Å². The van der Waals surface area contributed by atoms with Crippen LogP contribution in [-0.4, -0.2) is 25.0 Å². The lowest BCUT2D eigenvalue weighted by molar-refractivity contribution is 0.0871. The number of rotatable bonds is 5. The van der Waals surface area contributed by atoms with E-state index in [0.29, 0.717) is 11.6 Å². The summed E-state index contributed by atoms with van der Waals surface area (Å²) in [6, 6.07) is -0.0843. The average molecular weight is 198 g/mol. The maximum absolute atomic E-state index is 5.88. The zero-order valence-corrected chi connectivity index (χ0v) is 9.87. The zero-order chi connectivity index (χ0) is 11.4. The van der Waals surface area contributed by atoms with Gasteiger partial charge in [-0.2, -0.15) is 0 Å². The Hall–Kier alpha value is -0.670. The number of aliphatic imine (C=N–C) groups is 1. The molecule has 2 N–H and O–H groups in total. The first-order valence-electron chi connectivity index (χ1n) is 4.85. The summed E-state index contributed by atoms with van der Waals surface area (Å²) in [5.74, 6) is 0.352. The minimum Gasteiger partial charge on any atom is -0.373 e. The van der Waals surface area contributed by atoms with Crippen LogP contribution in [0.3, 0.4) is 0 Å². The third kappa shape index (κ3) is 4.53. The molecule has 0 unspecified atom stereocenters. The predicted molar refractivity (Wildman–Crippen MR) is 61.5 cm³/mol. The molecule has 0 spiro atoms. The Bertz CT molecular complexity index is 219. The molecule has 3 heteroatoms. The lowest BCUT2D eigenvalue weighted by Crippen LogP contribution is -2.29. The van der Waals surface area contributed by atoms with E-state index >= 15 is 0 Å². The highest BCUT2D eigenvalue weighted by Crippen LogP contribution is 2.10. The number of ether oxygens (including phenoxy) is 1. The van der Waals surface area contributed by atoms with E-state index in [0.717, 1.165) is 0 Å². The Balaban J connectivity index is 4.32. The van der Waals surface area contributed by atoms with Crippen LogP contribution in [0.5, 0.6) is 0 Å². The summed E-state index contributed by atoms with van der Waals surface area (Å²) in [6.07, 6.45) is 1.73. The van der Waals surface area contributed by atoms with E-state index in [4.69, 9.17) is 10.5 Å². The van der Waals surface area contributed by atoms with E-state index in [2.05, 4.69) is 11.6 Å². The lowest BCUT2D eigenvalue weighted by atomic mass is 10.0. The van der Waals surface area contributed by atoms with Crippen LogP contribution >= 0.6 is 0 Å². The molecule has 0 aromatic heterocycles. The molecular formula is C11H22N2O. The quantitative estimate of drug-likeness (QED) is 0.687. The van der Waals surface area contributed by atoms with Gasteiger partial charge in [0.15, 0.2) is 0 Å². The van der Waals surface area contributed by atoms with Gasteiger partial charge < -0.3 is 10.5 Å². The van der Waals surface area contributed by atoms with Crippen LogP contribution < -0.4 is 5.73 Å². The van der Waals surface area contributed by atoms with Crippen molar-refractivity contribution in [3.8, 4) is 0 Å². The molecule has 0 saturated carbocycles. The van der Waals surface area contributed by atoms with E-state index in [1.54, 1.807) is 13.3 Å². The summed E-state index contributed by atoms with van der Waals surface area (Å²) in [5, 5.41) is 0. The van der Waals surface area contributed by atoms with E-state index in [9.17, 15) is 0 Å². The fourth-order valence-corrected chi connectivity index (χ4v) is 0.762. The van der Waals surface area contributed by atoms with Gasteiger partial charge in [0.05, 0.1) is 5.60 Å². The molecule has 0 aliphatic rings. The van der Waals surface area contributed by atoms with Gasteiger partial charge in [-0.05, 0) is 19.8 Å². The van der Waals surface area contributed by atoms with Crippen molar-refractivity contribution in [1.82, 2.24) is 0 Å². The van der Waals surface area contributed by atoms with Crippen LogP contribution in [0.15, 0.2) is 17.3 Å². The van der Waals surface area contributed by atoms with Crippen LogP contribution in [0.2, 0.25) is 0 Å². The summed E-state index contributed by atoms with van der Waals surface area (Å²) >= 11 is 0. The normalized spacial score (nSPS) is 15.1. The van der Waals surface area contributed by atoms with E-state index in [1.165, 1.54) is 0 Å². The van der Waals surface area contributed by atoms with Crippen molar-refractivity contribution in [2.75, 3.05) is 7.11 Å². The first kappa shape index (κ1) is 13.3. The second-order valence-corrected chi connectivity index (χ2v) is 4.33. The van der Waals surface area contributed by atoms with Gasteiger partial charge in [-0.25, -0.2) is 0 Å².